The minimum atomic E-state index is -0.804. The number of halogens is 1. The number of rotatable bonds is 6. The van der Waals surface area contributed by atoms with E-state index in [4.69, 9.17) is 9.47 Å². The third-order valence-corrected chi connectivity index (χ3v) is 4.71. The van der Waals surface area contributed by atoms with Crippen molar-refractivity contribution < 1.29 is 18.8 Å². The Morgan fingerprint density at radius 2 is 1.78 bits per heavy atom. The van der Waals surface area contributed by atoms with Crippen LogP contribution in [0.4, 0.5) is 21.5 Å². The van der Waals surface area contributed by atoms with E-state index in [0.29, 0.717) is 30.3 Å². The van der Waals surface area contributed by atoms with E-state index in [1.807, 2.05) is 17.0 Å². The average molecular weight is 375 g/mol. The lowest BCUT2D eigenvalue weighted by molar-refractivity contribution is -0.386. The number of nitro groups is 1. The van der Waals surface area contributed by atoms with E-state index in [2.05, 4.69) is 5.32 Å². The number of piperidine rings is 1. The molecule has 0 atom stereocenters. The summed E-state index contributed by atoms with van der Waals surface area (Å²) in [6.07, 6.45) is 1.54. The van der Waals surface area contributed by atoms with Crippen LogP contribution in [0, 0.1) is 15.9 Å². The summed E-state index contributed by atoms with van der Waals surface area (Å²) >= 11 is 0. The average Bonchev–Trinajstić information content (AvgIpc) is 2.67. The van der Waals surface area contributed by atoms with Crippen molar-refractivity contribution in [1.82, 2.24) is 0 Å². The molecule has 1 fully saturated rings. The van der Waals surface area contributed by atoms with Crippen LogP contribution in [0.2, 0.25) is 0 Å². The molecule has 0 spiro atoms. The molecule has 0 bridgehead atoms. The Kier molecular flexibility index (Phi) is 5.63. The maximum absolute atomic E-state index is 13.9. The number of benzene rings is 2. The van der Waals surface area contributed by atoms with Gasteiger partial charge in [0.05, 0.1) is 19.1 Å². The van der Waals surface area contributed by atoms with Crippen molar-refractivity contribution in [3.05, 3.63) is 52.3 Å². The van der Waals surface area contributed by atoms with E-state index in [9.17, 15) is 14.5 Å². The molecular weight excluding hydrogens is 353 g/mol. The molecule has 2 aromatic carbocycles. The largest absolute Gasteiger partial charge is 0.497 e. The van der Waals surface area contributed by atoms with Crippen LogP contribution in [0.3, 0.4) is 0 Å². The summed E-state index contributed by atoms with van der Waals surface area (Å²) in [5, 5.41) is 14.7. The van der Waals surface area contributed by atoms with Gasteiger partial charge in [-0.15, -0.1) is 0 Å². The van der Waals surface area contributed by atoms with Crippen molar-refractivity contribution >= 4 is 17.1 Å². The number of hydrogen-bond acceptors (Lipinski definition) is 6. The number of methoxy groups -OCH3 is 2. The van der Waals surface area contributed by atoms with Crippen LogP contribution in [0.1, 0.15) is 12.8 Å². The Morgan fingerprint density at radius 1 is 1.15 bits per heavy atom. The summed E-state index contributed by atoms with van der Waals surface area (Å²) in [6.45, 7) is 1.20. The monoisotopic (exact) mass is 375 g/mol. The minimum Gasteiger partial charge on any atom is -0.497 e. The molecule has 3 rings (SSSR count). The van der Waals surface area contributed by atoms with Gasteiger partial charge in [0, 0.05) is 43.0 Å². The van der Waals surface area contributed by atoms with Gasteiger partial charge >= 0.3 is 5.69 Å². The van der Waals surface area contributed by atoms with E-state index >= 15 is 0 Å². The third-order valence-electron chi connectivity index (χ3n) is 4.71. The van der Waals surface area contributed by atoms with Crippen LogP contribution < -0.4 is 19.7 Å². The summed E-state index contributed by atoms with van der Waals surface area (Å²) in [6, 6.07) is 10.0. The smallest absolute Gasteiger partial charge is 0.327 e. The van der Waals surface area contributed by atoms with Crippen molar-refractivity contribution in [3.63, 3.8) is 0 Å². The first-order chi connectivity index (χ1) is 13.0. The van der Waals surface area contributed by atoms with E-state index in [0.717, 1.165) is 24.6 Å². The predicted molar refractivity (Wildman–Crippen MR) is 101 cm³/mol. The molecule has 0 amide bonds. The van der Waals surface area contributed by atoms with Gasteiger partial charge in [-0.05, 0) is 25.0 Å². The van der Waals surface area contributed by atoms with Gasteiger partial charge in [-0.3, -0.25) is 10.1 Å². The highest BCUT2D eigenvalue weighted by molar-refractivity contribution is 5.64. The molecule has 0 unspecified atom stereocenters. The predicted octanol–water partition coefficient (Wildman–Crippen LogP) is 3.83. The zero-order chi connectivity index (χ0) is 19.4. The molecule has 8 heteroatoms. The van der Waals surface area contributed by atoms with E-state index < -0.39 is 16.4 Å². The summed E-state index contributed by atoms with van der Waals surface area (Å²) < 4.78 is 24.4. The zero-order valence-electron chi connectivity index (χ0n) is 15.3. The molecule has 1 aliphatic rings. The number of anilines is 2. The number of nitro benzene ring substituents is 1. The van der Waals surface area contributed by atoms with Gasteiger partial charge in [-0.2, -0.15) is 4.39 Å². The molecule has 144 valence electrons. The SMILES string of the molecule is COc1cc(NC2CCN(c3cccc(F)c3[N+](=O)[O-])CC2)cc(OC)c1. The van der Waals surface area contributed by atoms with Crippen molar-refractivity contribution in [2.45, 2.75) is 18.9 Å². The Balaban J connectivity index is 1.68. The molecule has 0 aromatic heterocycles. The highest BCUT2D eigenvalue weighted by Crippen LogP contribution is 2.33. The first-order valence-electron chi connectivity index (χ1n) is 8.69. The molecule has 2 aromatic rings. The van der Waals surface area contributed by atoms with Crippen LogP contribution in [-0.2, 0) is 0 Å². The van der Waals surface area contributed by atoms with Gasteiger partial charge in [0.25, 0.3) is 0 Å². The molecule has 0 saturated carbocycles. The molecule has 1 aliphatic heterocycles. The first-order valence-corrected chi connectivity index (χ1v) is 8.69. The Labute approximate surface area is 156 Å². The highest BCUT2D eigenvalue weighted by atomic mass is 19.1. The van der Waals surface area contributed by atoms with Crippen molar-refractivity contribution in [3.8, 4) is 11.5 Å². The Bertz CT molecular complexity index is 800. The molecule has 7 nitrogen and oxygen atoms in total. The fourth-order valence-corrected chi connectivity index (χ4v) is 3.33. The second-order valence-electron chi connectivity index (χ2n) is 6.37. The quantitative estimate of drug-likeness (QED) is 0.611. The van der Waals surface area contributed by atoms with E-state index in [1.54, 1.807) is 26.4 Å². The Morgan fingerprint density at radius 3 is 2.33 bits per heavy atom. The van der Waals surface area contributed by atoms with Gasteiger partial charge in [-0.25, -0.2) is 0 Å². The lowest BCUT2D eigenvalue weighted by atomic mass is 10.0. The van der Waals surface area contributed by atoms with Crippen LogP contribution in [0.5, 0.6) is 11.5 Å². The minimum absolute atomic E-state index is 0.200. The second-order valence-corrected chi connectivity index (χ2v) is 6.37. The summed E-state index contributed by atoms with van der Waals surface area (Å²) in [7, 11) is 3.20. The van der Waals surface area contributed by atoms with Gasteiger partial charge < -0.3 is 19.7 Å². The van der Waals surface area contributed by atoms with E-state index in [1.165, 1.54) is 6.07 Å². The number of hydrogen-bond donors (Lipinski definition) is 1. The van der Waals surface area contributed by atoms with Crippen molar-refractivity contribution in [2.24, 2.45) is 0 Å². The molecule has 0 aliphatic carbocycles. The summed E-state index contributed by atoms with van der Waals surface area (Å²) in [4.78, 5) is 12.4. The zero-order valence-corrected chi connectivity index (χ0v) is 15.3. The van der Waals surface area contributed by atoms with Gasteiger partial charge in [-0.1, -0.05) is 6.07 Å². The molecular formula is C19H22FN3O4. The molecule has 0 radical (unpaired) electrons. The number of nitrogens with zero attached hydrogens (tertiary/aromatic N) is 2. The summed E-state index contributed by atoms with van der Waals surface area (Å²) in [5.74, 6) is 0.593. The lowest BCUT2D eigenvalue weighted by Gasteiger charge is -2.34. The fourth-order valence-electron chi connectivity index (χ4n) is 3.33. The molecule has 1 heterocycles. The maximum atomic E-state index is 13.9. The first kappa shape index (κ1) is 18.8. The Hall–Kier alpha value is -3.03. The summed E-state index contributed by atoms with van der Waals surface area (Å²) in [5.41, 5.74) is 0.768. The maximum Gasteiger partial charge on any atom is 0.327 e. The number of ether oxygens (including phenoxy) is 2. The van der Waals surface area contributed by atoms with Gasteiger partial charge in [0.2, 0.25) is 5.82 Å². The fraction of sp³-hybridized carbons (Fsp3) is 0.368. The topological polar surface area (TPSA) is 76.9 Å². The second kappa shape index (κ2) is 8.11. The lowest BCUT2D eigenvalue weighted by Crippen LogP contribution is -2.39. The van der Waals surface area contributed by atoms with Crippen LogP contribution >= 0.6 is 0 Å². The number of para-hydroxylation sites is 1. The molecule has 1 N–H and O–H groups in total. The highest BCUT2D eigenvalue weighted by Gasteiger charge is 2.27. The number of nitrogens with one attached hydrogen (secondary N) is 1. The van der Waals surface area contributed by atoms with Crippen molar-refractivity contribution in [1.29, 1.82) is 0 Å². The standard InChI is InChI=1S/C19H22FN3O4/c1-26-15-10-14(11-16(12-15)27-2)21-13-6-8-22(9-7-13)18-5-3-4-17(20)19(18)23(24)25/h3-5,10-13,21H,6-9H2,1-2H3. The third kappa shape index (κ3) is 4.21. The van der Waals surface area contributed by atoms with Crippen molar-refractivity contribution in [2.75, 3.05) is 37.5 Å². The molecule has 27 heavy (non-hydrogen) atoms. The van der Waals surface area contributed by atoms with Crippen LogP contribution in [0.15, 0.2) is 36.4 Å². The van der Waals surface area contributed by atoms with E-state index in [-0.39, 0.29) is 6.04 Å². The van der Waals surface area contributed by atoms with Crippen LogP contribution in [-0.4, -0.2) is 38.3 Å². The van der Waals surface area contributed by atoms with Gasteiger partial charge in [0.15, 0.2) is 0 Å². The normalized spacial score (nSPS) is 14.7. The van der Waals surface area contributed by atoms with Gasteiger partial charge in [0.1, 0.15) is 17.2 Å². The molecule has 1 saturated heterocycles. The van der Waals surface area contributed by atoms with Crippen LogP contribution in [0.25, 0.3) is 0 Å².